The third-order valence-electron chi connectivity index (χ3n) is 2.07. The Labute approximate surface area is 67.5 Å². The molecule has 0 aromatic rings. The minimum absolute atomic E-state index is 0.0693. The van der Waals surface area contributed by atoms with Crippen LogP contribution in [0.3, 0.4) is 0 Å². The van der Waals surface area contributed by atoms with Crippen LogP contribution in [0.15, 0.2) is 0 Å². The van der Waals surface area contributed by atoms with Crippen molar-refractivity contribution in [1.82, 2.24) is 0 Å². The lowest BCUT2D eigenvalue weighted by Crippen LogP contribution is -2.32. The number of rotatable bonds is 3. The van der Waals surface area contributed by atoms with Crippen LogP contribution >= 0.6 is 0 Å². The highest BCUT2D eigenvalue weighted by Crippen LogP contribution is 2.16. The average molecular weight is 159 g/mol. The minimum atomic E-state index is -0.0990. The summed E-state index contributed by atoms with van der Waals surface area (Å²) in [5.74, 6) is 0. The molecule has 0 bridgehead atoms. The van der Waals surface area contributed by atoms with Crippen LogP contribution < -0.4 is 5.73 Å². The van der Waals surface area contributed by atoms with Gasteiger partial charge in [-0.15, -0.1) is 0 Å². The van der Waals surface area contributed by atoms with E-state index in [-0.39, 0.29) is 12.6 Å². The fourth-order valence-corrected chi connectivity index (χ4v) is 1.41. The molecule has 1 fully saturated rings. The summed E-state index contributed by atoms with van der Waals surface area (Å²) in [4.78, 5) is 0. The zero-order valence-corrected chi connectivity index (χ0v) is 6.83. The number of nitrogens with two attached hydrogens (primary N) is 1. The van der Waals surface area contributed by atoms with Crippen LogP contribution in [0.4, 0.5) is 0 Å². The Balaban J connectivity index is 2.13. The highest BCUT2D eigenvalue weighted by Gasteiger charge is 2.16. The second-order valence-electron chi connectivity index (χ2n) is 3.17. The number of aliphatic hydroxyl groups is 1. The van der Waals surface area contributed by atoms with E-state index < -0.39 is 0 Å². The van der Waals surface area contributed by atoms with Gasteiger partial charge in [0, 0.05) is 12.6 Å². The largest absolute Gasteiger partial charge is 0.395 e. The molecule has 11 heavy (non-hydrogen) atoms. The van der Waals surface area contributed by atoms with Gasteiger partial charge in [0.2, 0.25) is 0 Å². The second-order valence-corrected chi connectivity index (χ2v) is 3.17. The van der Waals surface area contributed by atoms with Gasteiger partial charge in [0.05, 0.1) is 12.7 Å². The summed E-state index contributed by atoms with van der Waals surface area (Å²) in [6.07, 6.45) is 4.61. The van der Waals surface area contributed by atoms with Crippen LogP contribution in [0.2, 0.25) is 0 Å². The van der Waals surface area contributed by atoms with Crippen molar-refractivity contribution in [2.24, 2.45) is 5.73 Å². The Morgan fingerprint density at radius 2 is 2.36 bits per heavy atom. The predicted octanol–water partition coefficient (Wildman–Crippen LogP) is 0.265. The van der Waals surface area contributed by atoms with Gasteiger partial charge in [-0.05, 0) is 25.7 Å². The van der Waals surface area contributed by atoms with E-state index in [0.29, 0.717) is 6.10 Å². The average Bonchev–Trinajstić information content (AvgIpc) is 2.06. The van der Waals surface area contributed by atoms with Crippen molar-refractivity contribution in [2.45, 2.75) is 37.8 Å². The molecule has 1 heterocycles. The van der Waals surface area contributed by atoms with Crippen LogP contribution in [-0.4, -0.2) is 30.5 Å². The zero-order chi connectivity index (χ0) is 8.10. The molecule has 1 aliphatic heterocycles. The smallest absolute Gasteiger partial charge is 0.0590 e. The highest BCUT2D eigenvalue weighted by molar-refractivity contribution is 4.70. The van der Waals surface area contributed by atoms with E-state index in [0.717, 1.165) is 19.4 Å². The van der Waals surface area contributed by atoms with E-state index in [1.807, 2.05) is 0 Å². The molecule has 3 N–H and O–H groups in total. The zero-order valence-electron chi connectivity index (χ0n) is 6.83. The quantitative estimate of drug-likeness (QED) is 0.621. The summed E-state index contributed by atoms with van der Waals surface area (Å²) in [5, 5.41) is 8.68. The summed E-state index contributed by atoms with van der Waals surface area (Å²) in [5.41, 5.74) is 5.57. The van der Waals surface area contributed by atoms with Crippen LogP contribution in [0, 0.1) is 0 Å². The van der Waals surface area contributed by atoms with Crippen molar-refractivity contribution >= 4 is 0 Å². The van der Waals surface area contributed by atoms with Gasteiger partial charge in [0.25, 0.3) is 0 Å². The molecule has 0 aliphatic carbocycles. The van der Waals surface area contributed by atoms with Gasteiger partial charge in [-0.25, -0.2) is 0 Å². The first-order chi connectivity index (χ1) is 5.33. The summed E-state index contributed by atoms with van der Waals surface area (Å²) in [7, 11) is 0. The van der Waals surface area contributed by atoms with E-state index in [1.54, 1.807) is 0 Å². The van der Waals surface area contributed by atoms with Crippen molar-refractivity contribution < 1.29 is 9.84 Å². The van der Waals surface area contributed by atoms with E-state index in [4.69, 9.17) is 15.6 Å². The fourth-order valence-electron chi connectivity index (χ4n) is 1.41. The molecule has 1 saturated heterocycles. The Morgan fingerprint density at radius 3 is 2.91 bits per heavy atom. The van der Waals surface area contributed by atoms with E-state index in [1.165, 1.54) is 12.8 Å². The lowest BCUT2D eigenvalue weighted by Gasteiger charge is -2.24. The maximum Gasteiger partial charge on any atom is 0.0590 e. The third-order valence-corrected chi connectivity index (χ3v) is 2.07. The second kappa shape index (κ2) is 4.70. The molecule has 0 amide bonds. The molecule has 1 rings (SSSR count). The van der Waals surface area contributed by atoms with Gasteiger partial charge in [0.1, 0.15) is 0 Å². The maximum atomic E-state index is 8.68. The Kier molecular flexibility index (Phi) is 3.83. The predicted molar refractivity (Wildman–Crippen MR) is 43.3 cm³/mol. The molecule has 0 aromatic heterocycles. The SMILES string of the molecule is NC(CO)C[C@@H]1CCCCO1. The van der Waals surface area contributed by atoms with Gasteiger partial charge in [-0.1, -0.05) is 0 Å². The fraction of sp³-hybridized carbons (Fsp3) is 1.00. The van der Waals surface area contributed by atoms with Gasteiger partial charge in [-0.2, -0.15) is 0 Å². The lowest BCUT2D eigenvalue weighted by molar-refractivity contribution is 0.00418. The van der Waals surface area contributed by atoms with Gasteiger partial charge in [0.15, 0.2) is 0 Å². The number of hydrogen-bond donors (Lipinski definition) is 2. The van der Waals surface area contributed by atoms with E-state index in [2.05, 4.69) is 0 Å². The third kappa shape index (κ3) is 3.18. The first-order valence-electron chi connectivity index (χ1n) is 4.31. The first-order valence-corrected chi connectivity index (χ1v) is 4.31. The Bertz CT molecular complexity index is 102. The van der Waals surface area contributed by atoms with Gasteiger partial charge < -0.3 is 15.6 Å². The molecule has 1 aliphatic rings. The Hall–Kier alpha value is -0.120. The maximum absolute atomic E-state index is 8.68. The van der Waals surface area contributed by atoms with Gasteiger partial charge >= 0.3 is 0 Å². The van der Waals surface area contributed by atoms with Crippen molar-refractivity contribution in [3.05, 3.63) is 0 Å². The molecule has 1 unspecified atom stereocenters. The van der Waals surface area contributed by atoms with Crippen LogP contribution in [-0.2, 0) is 4.74 Å². The first kappa shape index (κ1) is 8.97. The molecule has 0 saturated carbocycles. The molecule has 0 aromatic carbocycles. The van der Waals surface area contributed by atoms with Crippen molar-refractivity contribution in [2.75, 3.05) is 13.2 Å². The highest BCUT2D eigenvalue weighted by atomic mass is 16.5. The molecule has 66 valence electrons. The molecule has 2 atom stereocenters. The monoisotopic (exact) mass is 159 g/mol. The van der Waals surface area contributed by atoms with E-state index >= 15 is 0 Å². The van der Waals surface area contributed by atoms with Crippen molar-refractivity contribution in [3.63, 3.8) is 0 Å². The number of aliphatic hydroxyl groups excluding tert-OH is 1. The molecular formula is C8H17NO2. The molecular weight excluding hydrogens is 142 g/mol. The van der Waals surface area contributed by atoms with Gasteiger partial charge in [-0.3, -0.25) is 0 Å². The normalized spacial score (nSPS) is 28.4. The topological polar surface area (TPSA) is 55.5 Å². The van der Waals surface area contributed by atoms with Crippen molar-refractivity contribution in [3.8, 4) is 0 Å². The molecule has 3 heteroatoms. The summed E-state index contributed by atoms with van der Waals surface area (Å²) in [6, 6.07) is -0.0990. The van der Waals surface area contributed by atoms with Crippen molar-refractivity contribution in [1.29, 1.82) is 0 Å². The molecule has 0 spiro atoms. The molecule has 3 nitrogen and oxygen atoms in total. The summed E-state index contributed by atoms with van der Waals surface area (Å²) in [6.45, 7) is 0.933. The number of hydrogen-bond acceptors (Lipinski definition) is 3. The standard InChI is InChI=1S/C8H17NO2/c9-7(6-10)5-8-3-1-2-4-11-8/h7-8,10H,1-6,9H2/t7?,8-/m0/s1. The molecule has 0 radical (unpaired) electrons. The Morgan fingerprint density at radius 1 is 1.55 bits per heavy atom. The lowest BCUT2D eigenvalue weighted by atomic mass is 10.0. The van der Waals surface area contributed by atoms with Crippen LogP contribution in [0.1, 0.15) is 25.7 Å². The summed E-state index contributed by atoms with van der Waals surface area (Å²) >= 11 is 0. The number of ether oxygens (including phenoxy) is 1. The van der Waals surface area contributed by atoms with E-state index in [9.17, 15) is 0 Å². The minimum Gasteiger partial charge on any atom is -0.395 e. The van der Waals surface area contributed by atoms with Crippen LogP contribution in [0.5, 0.6) is 0 Å². The summed E-state index contributed by atoms with van der Waals surface area (Å²) < 4.78 is 5.46. The van der Waals surface area contributed by atoms with Crippen LogP contribution in [0.25, 0.3) is 0 Å².